The number of carbonyl (C=O) groups excluding carboxylic acids is 1. The molecule has 3 heterocycles. The minimum Gasteiger partial charge on any atom is -0.391 e. The molecular weight excluding hydrogens is 499 g/mol. The molecule has 1 aromatic carbocycles. The lowest BCUT2D eigenvalue weighted by molar-refractivity contribution is -0.143. The van der Waals surface area contributed by atoms with Crippen LogP contribution in [0.3, 0.4) is 0 Å². The van der Waals surface area contributed by atoms with Crippen molar-refractivity contribution in [1.29, 1.82) is 0 Å². The number of likely N-dealkylation sites (tertiary alicyclic amines) is 1. The van der Waals surface area contributed by atoms with Crippen molar-refractivity contribution >= 4 is 23.4 Å². The minimum atomic E-state index is -4.23. The molecule has 2 aromatic rings. The molecule has 0 radical (unpaired) electrons. The van der Waals surface area contributed by atoms with Crippen LogP contribution in [0.4, 0.5) is 35.3 Å². The number of aromatic nitrogens is 1. The maximum Gasteiger partial charge on any atom is 0.389 e. The quantitative estimate of drug-likeness (QED) is 0.468. The van der Waals surface area contributed by atoms with Crippen LogP contribution < -0.4 is 15.5 Å². The number of pyridine rings is 1. The first-order chi connectivity index (χ1) is 18.0. The molecule has 2 fully saturated rings. The number of aliphatic hydroxyl groups is 1. The van der Waals surface area contributed by atoms with Crippen molar-refractivity contribution in [1.82, 2.24) is 9.88 Å². The number of nitrogens with zero attached hydrogens (tertiary/aromatic N) is 3. The van der Waals surface area contributed by atoms with Gasteiger partial charge in [0.2, 0.25) is 0 Å². The highest BCUT2D eigenvalue weighted by atomic mass is 19.4. The Bertz CT molecular complexity index is 1120. The zero-order valence-corrected chi connectivity index (χ0v) is 22.0. The Morgan fingerprint density at radius 2 is 1.92 bits per heavy atom. The second kappa shape index (κ2) is 11.8. The lowest BCUT2D eigenvalue weighted by Crippen LogP contribution is -2.37. The van der Waals surface area contributed by atoms with Crippen LogP contribution in [-0.2, 0) is 4.74 Å². The smallest absolute Gasteiger partial charge is 0.389 e. The Balaban J connectivity index is 1.56. The van der Waals surface area contributed by atoms with Crippen molar-refractivity contribution < 1.29 is 27.8 Å². The number of rotatable bonds is 7. The van der Waals surface area contributed by atoms with Gasteiger partial charge in [-0.2, -0.15) is 13.2 Å². The van der Waals surface area contributed by atoms with Crippen molar-refractivity contribution in [3.05, 3.63) is 35.9 Å². The molecule has 38 heavy (non-hydrogen) atoms. The molecule has 2 aliphatic heterocycles. The van der Waals surface area contributed by atoms with Crippen LogP contribution in [0.5, 0.6) is 0 Å². The van der Waals surface area contributed by atoms with Gasteiger partial charge in [0.25, 0.3) is 0 Å². The number of ether oxygens (including phenoxy) is 1. The van der Waals surface area contributed by atoms with Gasteiger partial charge in [0.05, 0.1) is 25.4 Å². The number of hydrogen-bond acceptors (Lipinski definition) is 6. The molecule has 1 aromatic heterocycles. The van der Waals surface area contributed by atoms with E-state index in [4.69, 9.17) is 9.72 Å². The van der Waals surface area contributed by atoms with Crippen molar-refractivity contribution in [2.75, 3.05) is 54.9 Å². The fourth-order valence-electron chi connectivity index (χ4n) is 4.78. The molecule has 2 saturated heterocycles. The third kappa shape index (κ3) is 7.28. The van der Waals surface area contributed by atoms with E-state index in [-0.39, 0.29) is 12.6 Å². The van der Waals surface area contributed by atoms with Crippen molar-refractivity contribution in [3.8, 4) is 11.1 Å². The predicted molar refractivity (Wildman–Crippen MR) is 142 cm³/mol. The van der Waals surface area contributed by atoms with Gasteiger partial charge in [0, 0.05) is 38.3 Å². The maximum atomic E-state index is 12.8. The third-order valence-corrected chi connectivity index (χ3v) is 7.14. The summed E-state index contributed by atoms with van der Waals surface area (Å²) < 4.78 is 43.8. The first-order valence-corrected chi connectivity index (χ1v) is 13.0. The van der Waals surface area contributed by atoms with E-state index < -0.39 is 30.7 Å². The van der Waals surface area contributed by atoms with Crippen LogP contribution in [0.25, 0.3) is 11.1 Å². The average molecular weight is 536 g/mol. The van der Waals surface area contributed by atoms with Gasteiger partial charge in [-0.15, -0.1) is 0 Å². The normalized spacial score (nSPS) is 19.8. The predicted octanol–water partition coefficient (Wildman–Crippen LogP) is 4.88. The Morgan fingerprint density at radius 1 is 1.18 bits per heavy atom. The number of urea groups is 1. The highest BCUT2D eigenvalue weighted by Crippen LogP contribution is 2.33. The van der Waals surface area contributed by atoms with Crippen LogP contribution in [0.1, 0.15) is 32.3 Å². The summed E-state index contributed by atoms with van der Waals surface area (Å²) in [5.74, 6) is 0.839. The molecule has 0 unspecified atom stereocenters. The zero-order chi connectivity index (χ0) is 27.4. The topological polar surface area (TPSA) is 90.0 Å². The van der Waals surface area contributed by atoms with E-state index in [2.05, 4.69) is 15.5 Å². The Kier molecular flexibility index (Phi) is 8.67. The van der Waals surface area contributed by atoms with Crippen LogP contribution in [-0.4, -0.2) is 78.7 Å². The van der Waals surface area contributed by atoms with Gasteiger partial charge in [-0.25, -0.2) is 9.78 Å². The Hall–Kier alpha value is -3.05. The first-order valence-electron chi connectivity index (χ1n) is 13.0. The van der Waals surface area contributed by atoms with Crippen LogP contribution in [0.15, 0.2) is 30.3 Å². The fourth-order valence-corrected chi connectivity index (χ4v) is 4.78. The number of amides is 2. The number of aryl methyl sites for hydroxylation is 1. The molecule has 11 heteroatoms. The second-order valence-electron chi connectivity index (χ2n) is 10.3. The van der Waals surface area contributed by atoms with E-state index in [1.165, 1.54) is 4.90 Å². The van der Waals surface area contributed by atoms with Gasteiger partial charge in [-0.3, -0.25) is 0 Å². The molecule has 2 aliphatic rings. The average Bonchev–Trinajstić information content (AvgIpc) is 3.32. The molecule has 3 atom stereocenters. The summed E-state index contributed by atoms with van der Waals surface area (Å²) in [4.78, 5) is 21.2. The summed E-state index contributed by atoms with van der Waals surface area (Å²) in [5, 5.41) is 16.1. The number of benzene rings is 1. The molecule has 4 rings (SSSR count). The molecule has 208 valence electrons. The zero-order valence-electron chi connectivity index (χ0n) is 22.0. The fraction of sp³-hybridized carbons (Fsp3) is 0.556. The highest BCUT2D eigenvalue weighted by Gasteiger charge is 2.36. The van der Waals surface area contributed by atoms with E-state index in [9.17, 15) is 23.1 Å². The Labute approximate surface area is 221 Å². The number of alkyl halides is 3. The SMILES string of the molecule is Cc1ccc(NC(=O)N2CC[C@@H](CC(F)(F)F)C2)cc1-c1cc(N[C@H](C)[C@@H](C)O)nc(N2CCOCC2)c1. The van der Waals surface area contributed by atoms with E-state index in [0.717, 1.165) is 22.5 Å². The van der Waals surface area contributed by atoms with Gasteiger partial charge in [0.1, 0.15) is 11.6 Å². The van der Waals surface area contributed by atoms with Gasteiger partial charge in [-0.05, 0) is 74.1 Å². The molecule has 8 nitrogen and oxygen atoms in total. The molecular formula is C27H36F3N5O3. The van der Waals surface area contributed by atoms with Crippen molar-refractivity contribution in [3.63, 3.8) is 0 Å². The molecule has 2 amide bonds. The first kappa shape index (κ1) is 28.0. The lowest BCUT2D eigenvalue weighted by Gasteiger charge is -2.29. The summed E-state index contributed by atoms with van der Waals surface area (Å²) in [6, 6.07) is 8.86. The lowest BCUT2D eigenvalue weighted by atomic mass is 10.00. The minimum absolute atomic E-state index is 0.0911. The summed E-state index contributed by atoms with van der Waals surface area (Å²) in [5.41, 5.74) is 3.33. The molecule has 3 N–H and O–H groups in total. The van der Waals surface area contributed by atoms with Crippen LogP contribution in [0.2, 0.25) is 0 Å². The monoisotopic (exact) mass is 535 g/mol. The van der Waals surface area contributed by atoms with Crippen molar-refractivity contribution in [2.24, 2.45) is 5.92 Å². The molecule has 0 bridgehead atoms. The Morgan fingerprint density at radius 3 is 2.61 bits per heavy atom. The number of aliphatic hydroxyl groups excluding tert-OH is 1. The van der Waals surface area contributed by atoms with E-state index in [1.54, 1.807) is 13.0 Å². The standard InChI is InChI=1S/C27H36F3N5O3/c1-17-4-5-22(32-26(37)35-7-6-20(16-35)15-27(28,29)30)14-23(17)21-12-24(31-18(2)19(3)36)33-25(13-21)34-8-10-38-11-9-34/h4-5,12-14,18-20,36H,6-11,15-16H2,1-3H3,(H,31,33)(H,32,37)/t18-,19-,20+/m1/s1. The van der Waals surface area contributed by atoms with Gasteiger partial charge < -0.3 is 30.3 Å². The number of carbonyl (C=O) groups is 1. The number of hydrogen-bond donors (Lipinski definition) is 3. The molecule has 0 spiro atoms. The number of anilines is 3. The maximum absolute atomic E-state index is 12.8. The highest BCUT2D eigenvalue weighted by molar-refractivity contribution is 5.91. The largest absolute Gasteiger partial charge is 0.391 e. The third-order valence-electron chi connectivity index (χ3n) is 7.14. The number of morpholine rings is 1. The number of nitrogens with one attached hydrogen (secondary N) is 2. The second-order valence-corrected chi connectivity index (χ2v) is 10.3. The molecule has 0 aliphatic carbocycles. The van der Waals surface area contributed by atoms with Gasteiger partial charge in [0.15, 0.2) is 0 Å². The van der Waals surface area contributed by atoms with Crippen LogP contribution >= 0.6 is 0 Å². The number of halogens is 3. The van der Waals surface area contributed by atoms with E-state index in [0.29, 0.717) is 50.8 Å². The molecule has 0 saturated carbocycles. The summed E-state index contributed by atoms with van der Waals surface area (Å²) in [6.45, 7) is 8.61. The summed E-state index contributed by atoms with van der Waals surface area (Å²) in [6.07, 6.45) is -5.33. The van der Waals surface area contributed by atoms with E-state index in [1.807, 2.05) is 38.1 Å². The summed E-state index contributed by atoms with van der Waals surface area (Å²) in [7, 11) is 0. The van der Waals surface area contributed by atoms with Gasteiger partial charge in [-0.1, -0.05) is 6.07 Å². The van der Waals surface area contributed by atoms with Crippen LogP contribution in [0, 0.1) is 12.8 Å². The van der Waals surface area contributed by atoms with Crippen molar-refractivity contribution in [2.45, 2.75) is 51.9 Å². The summed E-state index contributed by atoms with van der Waals surface area (Å²) >= 11 is 0. The van der Waals surface area contributed by atoms with Gasteiger partial charge >= 0.3 is 12.2 Å². The van der Waals surface area contributed by atoms with E-state index >= 15 is 0 Å².